The number of amides is 1. The zero-order valence-corrected chi connectivity index (χ0v) is 20.9. The first-order chi connectivity index (χ1) is 18.0. The van der Waals surface area contributed by atoms with E-state index in [4.69, 9.17) is 0 Å². The topological polar surface area (TPSA) is 116 Å². The second-order valence-corrected chi connectivity index (χ2v) is 10.8. The smallest absolute Gasteiger partial charge is 0.333 e. The Hall–Kier alpha value is -3.54. The van der Waals surface area contributed by atoms with Gasteiger partial charge >= 0.3 is 5.69 Å². The summed E-state index contributed by atoms with van der Waals surface area (Å²) in [6.45, 7) is 0. The minimum Gasteiger partial charge on any atom is -0.349 e. The van der Waals surface area contributed by atoms with E-state index in [1.54, 1.807) is 27.5 Å². The van der Waals surface area contributed by atoms with Gasteiger partial charge in [0.2, 0.25) is 0 Å². The van der Waals surface area contributed by atoms with Crippen LogP contribution >= 0.6 is 11.8 Å². The number of carbonyl (C=O) groups is 1. The first-order valence-corrected chi connectivity index (χ1v) is 13.7. The summed E-state index contributed by atoms with van der Waals surface area (Å²) in [6, 6.07) is 2.42. The average molecular weight is 524 g/mol. The van der Waals surface area contributed by atoms with Crippen LogP contribution in [0.3, 0.4) is 0 Å². The largest absolute Gasteiger partial charge is 0.349 e. The summed E-state index contributed by atoms with van der Waals surface area (Å²) in [7, 11) is 0. The Morgan fingerprint density at radius 3 is 2.51 bits per heavy atom. The standard InChI is InChI=1S/C25H26FN7O3S/c26-15-12-19-22(28-13-15)32(18-6-10-37-11-7-18)25(36)33(24(19)35)17-4-2-16(3-5-17)30-23(34)20-14-29-31-9-1-8-27-21(20)31/h1,8-9,12-14,16-18H,2-7,10-11H2,(H,30,34)/t16-,17+. The van der Waals surface area contributed by atoms with Crippen molar-refractivity contribution < 1.29 is 9.18 Å². The molecule has 0 spiro atoms. The van der Waals surface area contributed by atoms with Crippen LogP contribution in [-0.2, 0) is 0 Å². The van der Waals surface area contributed by atoms with E-state index >= 15 is 0 Å². The quantitative estimate of drug-likeness (QED) is 0.437. The number of nitrogens with zero attached hydrogens (tertiary/aromatic N) is 6. The summed E-state index contributed by atoms with van der Waals surface area (Å²) < 4.78 is 18.6. The third kappa shape index (κ3) is 4.32. The van der Waals surface area contributed by atoms with Gasteiger partial charge in [-0.05, 0) is 62.2 Å². The predicted molar refractivity (Wildman–Crippen MR) is 138 cm³/mol. The second kappa shape index (κ2) is 9.73. The number of aromatic nitrogens is 6. The normalized spacial score (nSPS) is 20.9. The summed E-state index contributed by atoms with van der Waals surface area (Å²) in [5.41, 5.74) is 0.264. The van der Waals surface area contributed by atoms with Gasteiger partial charge < -0.3 is 5.32 Å². The maximum Gasteiger partial charge on any atom is 0.333 e. The maximum absolute atomic E-state index is 14.1. The Kier molecular flexibility index (Phi) is 6.27. The molecule has 1 N–H and O–H groups in total. The lowest BCUT2D eigenvalue weighted by molar-refractivity contribution is 0.0923. The number of nitrogens with one attached hydrogen (secondary N) is 1. The van der Waals surface area contributed by atoms with Crippen LogP contribution in [0.4, 0.5) is 4.39 Å². The number of carbonyl (C=O) groups excluding carboxylic acids is 1. The predicted octanol–water partition coefficient (Wildman–Crippen LogP) is 2.72. The average Bonchev–Trinajstić information content (AvgIpc) is 3.35. The van der Waals surface area contributed by atoms with Crippen LogP contribution < -0.4 is 16.6 Å². The minimum absolute atomic E-state index is 0.0730. The molecule has 4 aromatic rings. The van der Waals surface area contributed by atoms with Crippen molar-refractivity contribution in [2.75, 3.05) is 11.5 Å². The molecule has 2 aliphatic rings. The molecule has 1 saturated carbocycles. The number of hydrogen-bond acceptors (Lipinski definition) is 7. The minimum atomic E-state index is -0.603. The van der Waals surface area contributed by atoms with Gasteiger partial charge in [0.25, 0.3) is 11.5 Å². The fourth-order valence-corrected chi connectivity index (χ4v) is 6.61. The SMILES string of the molecule is O=C(N[C@H]1CC[C@@H](n2c(=O)c3cc(F)cnc3n(C3CCSCC3)c2=O)CC1)c1cnn2cccnc12. The number of pyridine rings is 1. The number of thioether (sulfide) groups is 1. The first-order valence-electron chi connectivity index (χ1n) is 12.5. The molecule has 1 saturated heterocycles. The van der Waals surface area contributed by atoms with E-state index in [1.165, 1.54) is 16.8 Å². The molecule has 4 aromatic heterocycles. The third-order valence-electron chi connectivity index (χ3n) is 7.40. The monoisotopic (exact) mass is 523 g/mol. The van der Waals surface area contributed by atoms with Crippen molar-refractivity contribution in [2.45, 2.75) is 56.7 Å². The van der Waals surface area contributed by atoms with Crippen molar-refractivity contribution in [3.63, 3.8) is 0 Å². The maximum atomic E-state index is 14.1. The molecule has 2 fully saturated rings. The van der Waals surface area contributed by atoms with E-state index in [0.717, 1.165) is 30.5 Å². The zero-order valence-electron chi connectivity index (χ0n) is 20.0. The van der Waals surface area contributed by atoms with E-state index in [0.29, 0.717) is 36.9 Å². The molecular formula is C25H26FN7O3S. The van der Waals surface area contributed by atoms with Gasteiger partial charge in [0.1, 0.15) is 17.0 Å². The van der Waals surface area contributed by atoms with E-state index < -0.39 is 11.4 Å². The van der Waals surface area contributed by atoms with E-state index in [9.17, 15) is 18.8 Å². The molecule has 0 radical (unpaired) electrons. The van der Waals surface area contributed by atoms with Crippen LogP contribution in [0.5, 0.6) is 0 Å². The van der Waals surface area contributed by atoms with Crippen LogP contribution in [0.15, 0.2) is 46.5 Å². The van der Waals surface area contributed by atoms with Gasteiger partial charge in [0, 0.05) is 30.5 Å². The van der Waals surface area contributed by atoms with Crippen molar-refractivity contribution in [2.24, 2.45) is 0 Å². The molecule has 0 unspecified atom stereocenters. The molecule has 10 nitrogen and oxygen atoms in total. The van der Waals surface area contributed by atoms with Crippen molar-refractivity contribution in [1.82, 2.24) is 34.0 Å². The lowest BCUT2D eigenvalue weighted by Gasteiger charge is -2.31. The van der Waals surface area contributed by atoms with Gasteiger partial charge in [0.05, 0.1) is 17.8 Å². The lowest BCUT2D eigenvalue weighted by Crippen LogP contribution is -2.46. The number of halogens is 1. The second-order valence-electron chi connectivity index (χ2n) is 9.62. The molecule has 37 heavy (non-hydrogen) atoms. The Labute approximate surface area is 214 Å². The fourth-order valence-electron chi connectivity index (χ4n) is 5.53. The first kappa shape index (κ1) is 23.8. The van der Waals surface area contributed by atoms with Gasteiger partial charge in [0.15, 0.2) is 5.65 Å². The highest BCUT2D eigenvalue weighted by molar-refractivity contribution is 7.99. The molecule has 5 heterocycles. The van der Waals surface area contributed by atoms with Crippen molar-refractivity contribution in [3.05, 3.63) is 69.1 Å². The van der Waals surface area contributed by atoms with Crippen LogP contribution in [0.25, 0.3) is 16.7 Å². The van der Waals surface area contributed by atoms with Gasteiger partial charge in [-0.1, -0.05) is 0 Å². The molecular weight excluding hydrogens is 497 g/mol. The van der Waals surface area contributed by atoms with Gasteiger partial charge in [-0.3, -0.25) is 18.7 Å². The van der Waals surface area contributed by atoms with Crippen LogP contribution in [0.2, 0.25) is 0 Å². The molecule has 1 aliphatic carbocycles. The zero-order chi connectivity index (χ0) is 25.5. The van der Waals surface area contributed by atoms with Crippen molar-refractivity contribution in [3.8, 4) is 0 Å². The Morgan fingerprint density at radius 1 is 0.973 bits per heavy atom. The van der Waals surface area contributed by atoms with Crippen LogP contribution in [-0.4, -0.2) is 52.2 Å². The summed E-state index contributed by atoms with van der Waals surface area (Å²) in [5, 5.41) is 7.35. The van der Waals surface area contributed by atoms with E-state index in [1.807, 2.05) is 11.8 Å². The van der Waals surface area contributed by atoms with Crippen LogP contribution in [0, 0.1) is 5.82 Å². The summed E-state index contributed by atoms with van der Waals surface area (Å²) in [4.78, 5) is 48.4. The number of hydrogen-bond donors (Lipinski definition) is 1. The number of rotatable bonds is 4. The third-order valence-corrected chi connectivity index (χ3v) is 8.45. The highest BCUT2D eigenvalue weighted by Gasteiger charge is 2.30. The molecule has 1 amide bonds. The Morgan fingerprint density at radius 2 is 1.73 bits per heavy atom. The van der Waals surface area contributed by atoms with Gasteiger partial charge in [-0.25, -0.2) is 23.7 Å². The molecule has 12 heteroatoms. The Balaban J connectivity index is 1.26. The molecule has 192 valence electrons. The molecule has 6 rings (SSSR count). The molecule has 0 atom stereocenters. The number of fused-ring (bicyclic) bond motifs is 2. The highest BCUT2D eigenvalue weighted by Crippen LogP contribution is 2.30. The fraction of sp³-hybridized carbons (Fsp3) is 0.440. The lowest BCUT2D eigenvalue weighted by atomic mass is 9.90. The summed E-state index contributed by atoms with van der Waals surface area (Å²) >= 11 is 1.84. The van der Waals surface area contributed by atoms with Crippen molar-refractivity contribution >= 4 is 34.3 Å². The summed E-state index contributed by atoms with van der Waals surface area (Å²) in [5.74, 6) is 0.992. The molecule has 1 aliphatic heterocycles. The van der Waals surface area contributed by atoms with Gasteiger partial charge in [-0.15, -0.1) is 0 Å². The molecule has 0 bridgehead atoms. The van der Waals surface area contributed by atoms with Gasteiger partial charge in [-0.2, -0.15) is 16.9 Å². The molecule has 0 aromatic carbocycles. The summed E-state index contributed by atoms with van der Waals surface area (Å²) in [6.07, 6.45) is 9.80. The van der Waals surface area contributed by atoms with Crippen LogP contribution in [0.1, 0.15) is 61.0 Å². The van der Waals surface area contributed by atoms with E-state index in [-0.39, 0.29) is 40.8 Å². The van der Waals surface area contributed by atoms with Crippen molar-refractivity contribution in [1.29, 1.82) is 0 Å². The van der Waals surface area contributed by atoms with E-state index in [2.05, 4.69) is 20.4 Å². The Bertz CT molecular complexity index is 1600. The highest BCUT2D eigenvalue weighted by atomic mass is 32.2.